The maximum atomic E-state index is 12.0. The van der Waals surface area contributed by atoms with E-state index >= 15 is 0 Å². The first-order chi connectivity index (χ1) is 11.3. The second-order valence-corrected chi connectivity index (χ2v) is 5.62. The number of hydrogen-bond acceptors (Lipinski definition) is 5. The molecule has 0 radical (unpaired) electrons. The maximum absolute atomic E-state index is 12.0. The molecule has 0 amide bonds. The molecular weight excluding hydrogens is 330 g/mol. The fourth-order valence-corrected chi connectivity index (χ4v) is 2.45. The van der Waals surface area contributed by atoms with Crippen molar-refractivity contribution in [2.45, 2.75) is 26.3 Å². The molecular formula is C16H17N3O4S. The summed E-state index contributed by atoms with van der Waals surface area (Å²) in [5, 5.41) is 19.2. The van der Waals surface area contributed by atoms with Gasteiger partial charge in [-0.15, -0.1) is 0 Å². The Hall–Kier alpha value is -2.74. The van der Waals surface area contributed by atoms with Gasteiger partial charge in [-0.25, -0.2) is 4.79 Å². The molecule has 0 aliphatic heterocycles. The number of aromatic carboxylic acids is 1. The predicted molar refractivity (Wildman–Crippen MR) is 93.2 cm³/mol. The average Bonchev–Trinajstić information content (AvgIpc) is 2.54. The Morgan fingerprint density at radius 1 is 1.42 bits per heavy atom. The third-order valence-corrected chi connectivity index (χ3v) is 3.94. The molecule has 8 heteroatoms. The number of H-pyrrole nitrogens is 1. The number of benzene rings is 1. The van der Waals surface area contributed by atoms with Gasteiger partial charge in [0.25, 0.3) is 5.56 Å². The lowest BCUT2D eigenvalue weighted by Crippen LogP contribution is -2.20. The summed E-state index contributed by atoms with van der Waals surface area (Å²) in [5.74, 6) is -1.28. The van der Waals surface area contributed by atoms with Gasteiger partial charge in [-0.3, -0.25) is 19.3 Å². The maximum Gasteiger partial charge on any atom is 0.335 e. The van der Waals surface area contributed by atoms with Crippen molar-refractivity contribution in [2.24, 2.45) is 4.99 Å². The van der Waals surface area contributed by atoms with Gasteiger partial charge < -0.3 is 10.2 Å². The van der Waals surface area contributed by atoms with E-state index in [9.17, 15) is 14.7 Å². The van der Waals surface area contributed by atoms with Crippen LogP contribution >= 0.6 is 12.2 Å². The number of nitrogens with one attached hydrogen (secondary N) is 1. The highest BCUT2D eigenvalue weighted by Gasteiger charge is 2.14. The van der Waals surface area contributed by atoms with E-state index in [-0.39, 0.29) is 27.8 Å². The summed E-state index contributed by atoms with van der Waals surface area (Å²) >= 11 is 5.09. The van der Waals surface area contributed by atoms with Crippen molar-refractivity contribution < 1.29 is 15.0 Å². The number of hydrogen-bond donors (Lipinski definition) is 3. The number of carboxylic acids is 1. The van der Waals surface area contributed by atoms with Crippen LogP contribution in [0.15, 0.2) is 34.1 Å². The van der Waals surface area contributed by atoms with E-state index in [0.717, 1.165) is 6.42 Å². The highest BCUT2D eigenvalue weighted by Crippen LogP contribution is 2.21. The van der Waals surface area contributed by atoms with Crippen LogP contribution in [0.4, 0.5) is 5.69 Å². The fraction of sp³-hybridized carbons (Fsp3) is 0.250. The Kier molecular flexibility index (Phi) is 5.30. The molecule has 7 nitrogen and oxygen atoms in total. The van der Waals surface area contributed by atoms with Crippen molar-refractivity contribution in [3.63, 3.8) is 0 Å². The average molecular weight is 347 g/mol. The van der Waals surface area contributed by atoms with Gasteiger partial charge in [0.2, 0.25) is 5.88 Å². The van der Waals surface area contributed by atoms with Crippen LogP contribution < -0.4 is 5.56 Å². The molecule has 0 aliphatic carbocycles. The number of aliphatic imine (C=N–C) groups is 1. The summed E-state index contributed by atoms with van der Waals surface area (Å²) in [7, 11) is 0. The standard InChI is InChI=1S/C16H17N3O4S/c1-3-9(2)19-14(21)12(13(20)18-16(19)24)8-17-11-6-4-10(5-7-11)15(22)23/h4-9,21H,3H2,1-2H3,(H,22,23)(H,18,20,24)/t9-/m1/s1. The number of nitrogens with zero attached hydrogens (tertiary/aromatic N) is 2. The third-order valence-electron chi connectivity index (χ3n) is 3.64. The molecule has 0 aliphatic rings. The number of carbonyl (C=O) groups is 1. The Balaban J connectivity index is 2.44. The van der Waals surface area contributed by atoms with Crippen LogP contribution in [0.2, 0.25) is 0 Å². The molecule has 0 bridgehead atoms. The first-order valence-electron chi connectivity index (χ1n) is 7.30. The van der Waals surface area contributed by atoms with Crippen molar-refractivity contribution >= 4 is 30.1 Å². The number of aromatic nitrogens is 2. The summed E-state index contributed by atoms with van der Waals surface area (Å²) in [6.07, 6.45) is 1.96. The summed E-state index contributed by atoms with van der Waals surface area (Å²) in [6, 6.07) is 5.75. The zero-order chi connectivity index (χ0) is 17.9. The van der Waals surface area contributed by atoms with Gasteiger partial charge in [-0.1, -0.05) is 6.92 Å². The quantitative estimate of drug-likeness (QED) is 0.569. The number of rotatable bonds is 5. The van der Waals surface area contributed by atoms with Gasteiger partial charge in [0.05, 0.1) is 11.3 Å². The van der Waals surface area contributed by atoms with Gasteiger partial charge >= 0.3 is 5.97 Å². The van der Waals surface area contributed by atoms with E-state index in [2.05, 4.69) is 9.98 Å². The van der Waals surface area contributed by atoms with Crippen molar-refractivity contribution in [2.75, 3.05) is 0 Å². The molecule has 1 heterocycles. The molecule has 2 aromatic rings. The lowest BCUT2D eigenvalue weighted by molar-refractivity contribution is 0.0697. The van der Waals surface area contributed by atoms with Crippen LogP contribution in [0.3, 0.4) is 0 Å². The lowest BCUT2D eigenvalue weighted by Gasteiger charge is -2.16. The van der Waals surface area contributed by atoms with E-state index in [1.54, 1.807) is 0 Å². The van der Waals surface area contributed by atoms with Gasteiger partial charge in [0.1, 0.15) is 5.56 Å². The van der Waals surface area contributed by atoms with Crippen LogP contribution in [0.1, 0.15) is 42.2 Å². The summed E-state index contributed by atoms with van der Waals surface area (Å²) in [5.41, 5.74) is 0.0465. The van der Waals surface area contributed by atoms with Gasteiger partial charge in [0.15, 0.2) is 4.77 Å². The molecule has 0 unspecified atom stereocenters. The van der Waals surface area contributed by atoms with E-state index in [1.165, 1.54) is 35.0 Å². The Labute approximate surface area is 142 Å². The van der Waals surface area contributed by atoms with Crippen molar-refractivity contribution in [1.82, 2.24) is 9.55 Å². The van der Waals surface area contributed by atoms with Gasteiger partial charge in [0, 0.05) is 12.3 Å². The zero-order valence-electron chi connectivity index (χ0n) is 13.2. The summed E-state index contributed by atoms with van der Waals surface area (Å²) in [6.45, 7) is 3.81. The largest absolute Gasteiger partial charge is 0.494 e. The molecule has 1 atom stereocenters. The molecule has 1 aromatic carbocycles. The van der Waals surface area contributed by atoms with E-state index in [1.807, 2.05) is 13.8 Å². The third kappa shape index (κ3) is 3.60. The van der Waals surface area contributed by atoms with E-state index < -0.39 is 11.5 Å². The van der Waals surface area contributed by atoms with Gasteiger partial charge in [-0.05, 0) is 49.8 Å². The first-order valence-corrected chi connectivity index (χ1v) is 7.71. The molecule has 0 saturated heterocycles. The van der Waals surface area contributed by atoms with Crippen LogP contribution in [-0.2, 0) is 0 Å². The van der Waals surface area contributed by atoms with Crippen LogP contribution in [0, 0.1) is 4.77 Å². The Morgan fingerprint density at radius 3 is 2.58 bits per heavy atom. The highest BCUT2D eigenvalue weighted by atomic mass is 32.1. The number of aromatic hydroxyl groups is 1. The molecule has 1 aromatic heterocycles. The second-order valence-electron chi connectivity index (χ2n) is 5.23. The lowest BCUT2D eigenvalue weighted by atomic mass is 10.2. The molecule has 3 N–H and O–H groups in total. The summed E-state index contributed by atoms with van der Waals surface area (Å²) < 4.78 is 1.61. The molecule has 126 valence electrons. The van der Waals surface area contributed by atoms with E-state index in [4.69, 9.17) is 17.3 Å². The minimum atomic E-state index is -1.03. The monoisotopic (exact) mass is 347 g/mol. The van der Waals surface area contributed by atoms with Gasteiger partial charge in [-0.2, -0.15) is 0 Å². The topological polar surface area (TPSA) is 108 Å². The molecule has 0 fully saturated rings. The van der Waals surface area contributed by atoms with Crippen molar-refractivity contribution in [3.8, 4) is 5.88 Å². The number of carboxylic acid groups (broad SMARTS) is 1. The predicted octanol–water partition coefficient (Wildman–Crippen LogP) is 3.03. The minimum absolute atomic E-state index is 0.00814. The van der Waals surface area contributed by atoms with Crippen molar-refractivity contribution in [1.29, 1.82) is 0 Å². The normalized spacial score (nSPS) is 12.4. The molecule has 0 spiro atoms. The fourth-order valence-electron chi connectivity index (χ4n) is 2.09. The van der Waals surface area contributed by atoms with Crippen LogP contribution in [0.25, 0.3) is 0 Å². The highest BCUT2D eigenvalue weighted by molar-refractivity contribution is 7.71. The number of aromatic amines is 1. The molecule has 24 heavy (non-hydrogen) atoms. The zero-order valence-corrected chi connectivity index (χ0v) is 14.0. The Morgan fingerprint density at radius 2 is 2.04 bits per heavy atom. The second kappa shape index (κ2) is 7.22. The first kappa shape index (κ1) is 17.6. The Bertz CT molecular complexity index is 897. The van der Waals surface area contributed by atoms with E-state index in [0.29, 0.717) is 5.69 Å². The van der Waals surface area contributed by atoms with Crippen LogP contribution in [0.5, 0.6) is 5.88 Å². The summed E-state index contributed by atoms with van der Waals surface area (Å²) in [4.78, 5) is 29.5. The molecule has 0 saturated carbocycles. The molecule has 2 rings (SSSR count). The van der Waals surface area contributed by atoms with Crippen molar-refractivity contribution in [3.05, 3.63) is 50.5 Å². The SMILES string of the molecule is CC[C@@H](C)n1c(O)c(C=Nc2ccc(C(=O)O)cc2)c(=O)[nH]c1=S. The smallest absolute Gasteiger partial charge is 0.335 e. The van der Waals surface area contributed by atoms with Crippen LogP contribution in [-0.4, -0.2) is 31.9 Å². The minimum Gasteiger partial charge on any atom is -0.494 e.